The number of thioether (sulfide) groups is 1. The van der Waals surface area contributed by atoms with Crippen LogP contribution in [0, 0.1) is 11.8 Å². The summed E-state index contributed by atoms with van der Waals surface area (Å²) in [5.41, 5.74) is 0. The van der Waals surface area contributed by atoms with Crippen molar-refractivity contribution in [1.29, 1.82) is 0 Å². The number of carbonyl (C=O) groups is 1. The van der Waals surface area contributed by atoms with Crippen LogP contribution in [0.15, 0.2) is 9.64 Å². The Kier molecular flexibility index (Phi) is 5.19. The minimum atomic E-state index is -2.98. The van der Waals surface area contributed by atoms with E-state index >= 15 is 0 Å². The summed E-state index contributed by atoms with van der Waals surface area (Å²) in [6.07, 6.45) is 1.69. The number of sulfone groups is 1. The number of hydrogen-bond donors (Lipinski definition) is 0. The minimum absolute atomic E-state index is 0.0712. The number of amides is 1. The Labute approximate surface area is 146 Å². The molecule has 0 spiro atoms. The molecule has 3 rings (SSSR count). The van der Waals surface area contributed by atoms with Gasteiger partial charge in [-0.2, -0.15) is 0 Å². The van der Waals surface area contributed by atoms with Gasteiger partial charge in [0.05, 0.1) is 23.2 Å². The summed E-state index contributed by atoms with van der Waals surface area (Å²) >= 11 is 1.22. The fourth-order valence-electron chi connectivity index (χ4n) is 3.51. The van der Waals surface area contributed by atoms with Crippen molar-refractivity contribution in [2.24, 2.45) is 11.8 Å². The van der Waals surface area contributed by atoms with Gasteiger partial charge >= 0.3 is 0 Å². The van der Waals surface area contributed by atoms with Gasteiger partial charge in [0.15, 0.2) is 9.84 Å². The molecule has 0 aliphatic carbocycles. The lowest BCUT2D eigenvalue weighted by molar-refractivity contribution is -0.130. The molecule has 7 nitrogen and oxygen atoms in total. The van der Waals surface area contributed by atoms with E-state index in [2.05, 4.69) is 24.0 Å². The number of rotatable bonds is 4. The van der Waals surface area contributed by atoms with Crippen molar-refractivity contribution in [2.45, 2.75) is 37.8 Å². The van der Waals surface area contributed by atoms with Crippen LogP contribution in [-0.2, 0) is 14.6 Å². The lowest BCUT2D eigenvalue weighted by Gasteiger charge is -2.34. The first-order chi connectivity index (χ1) is 11.3. The van der Waals surface area contributed by atoms with Gasteiger partial charge in [0.1, 0.15) is 0 Å². The summed E-state index contributed by atoms with van der Waals surface area (Å²) in [4.78, 5) is 14.3. The Morgan fingerprint density at radius 2 is 2.00 bits per heavy atom. The third-order valence-electron chi connectivity index (χ3n) is 4.54. The Hall–Kier alpha value is -1.09. The molecule has 0 unspecified atom stereocenters. The van der Waals surface area contributed by atoms with Crippen molar-refractivity contribution in [1.82, 2.24) is 15.1 Å². The maximum Gasteiger partial charge on any atom is 0.277 e. The molecule has 2 aliphatic heterocycles. The molecule has 0 radical (unpaired) electrons. The molecule has 0 bridgehead atoms. The highest BCUT2D eigenvalue weighted by Gasteiger charge is 2.33. The van der Waals surface area contributed by atoms with Crippen molar-refractivity contribution in [3.8, 4) is 0 Å². The molecule has 2 fully saturated rings. The first-order valence-electron chi connectivity index (χ1n) is 8.27. The summed E-state index contributed by atoms with van der Waals surface area (Å²) in [5.74, 6) is 1.81. The van der Waals surface area contributed by atoms with E-state index in [1.54, 1.807) is 0 Å². The van der Waals surface area contributed by atoms with Crippen LogP contribution < -0.4 is 0 Å². The minimum Gasteiger partial charge on any atom is -0.416 e. The van der Waals surface area contributed by atoms with Crippen molar-refractivity contribution >= 4 is 27.5 Å². The first kappa shape index (κ1) is 17.7. The zero-order valence-electron chi connectivity index (χ0n) is 14.0. The standard InChI is InChI=1S/C15H23N3O4S2/c1-10-5-11(2)7-18(6-10)13(19)8-23-15-17-16-14(22-15)12-3-4-24(20,21)9-12/h10-12H,3-9H2,1-2H3/t10-,11+,12-/m1/s1. The Morgan fingerprint density at radius 3 is 2.62 bits per heavy atom. The van der Waals surface area contributed by atoms with Gasteiger partial charge in [-0.3, -0.25) is 4.79 Å². The van der Waals surface area contributed by atoms with Gasteiger partial charge < -0.3 is 9.32 Å². The summed E-state index contributed by atoms with van der Waals surface area (Å²) < 4.78 is 28.6. The Morgan fingerprint density at radius 1 is 1.29 bits per heavy atom. The molecule has 24 heavy (non-hydrogen) atoms. The van der Waals surface area contributed by atoms with Crippen LogP contribution in [0.25, 0.3) is 0 Å². The summed E-state index contributed by atoms with van der Waals surface area (Å²) in [6.45, 7) is 5.95. The molecular formula is C15H23N3O4S2. The van der Waals surface area contributed by atoms with Crippen LogP contribution >= 0.6 is 11.8 Å². The van der Waals surface area contributed by atoms with E-state index in [0.717, 1.165) is 19.5 Å². The Bertz CT molecular complexity index is 693. The van der Waals surface area contributed by atoms with Gasteiger partial charge in [-0.05, 0) is 24.7 Å². The molecule has 9 heteroatoms. The number of likely N-dealkylation sites (tertiary alicyclic amines) is 1. The summed E-state index contributed by atoms with van der Waals surface area (Å²) in [6, 6.07) is 0. The molecular weight excluding hydrogens is 350 g/mol. The maximum absolute atomic E-state index is 12.3. The van der Waals surface area contributed by atoms with Crippen molar-refractivity contribution in [3.63, 3.8) is 0 Å². The lowest BCUT2D eigenvalue weighted by atomic mass is 9.92. The zero-order valence-corrected chi connectivity index (χ0v) is 15.6. The van der Waals surface area contributed by atoms with E-state index in [0.29, 0.717) is 29.4 Å². The van der Waals surface area contributed by atoms with Gasteiger partial charge in [0.2, 0.25) is 11.8 Å². The molecule has 0 aromatic carbocycles. The van der Waals surface area contributed by atoms with E-state index in [1.165, 1.54) is 11.8 Å². The molecule has 2 saturated heterocycles. The van der Waals surface area contributed by atoms with Crippen LogP contribution in [0.4, 0.5) is 0 Å². The van der Waals surface area contributed by atoms with Gasteiger partial charge in [0, 0.05) is 13.1 Å². The highest BCUT2D eigenvalue weighted by molar-refractivity contribution is 7.99. The van der Waals surface area contributed by atoms with E-state index in [-0.39, 0.29) is 29.1 Å². The molecule has 1 amide bonds. The van der Waals surface area contributed by atoms with Gasteiger partial charge in [0.25, 0.3) is 5.22 Å². The van der Waals surface area contributed by atoms with Gasteiger partial charge in [-0.25, -0.2) is 8.42 Å². The van der Waals surface area contributed by atoms with Crippen molar-refractivity contribution in [2.75, 3.05) is 30.3 Å². The number of piperidine rings is 1. The molecule has 1 aromatic rings. The second-order valence-corrected chi connectivity index (χ2v) is 10.2. The number of carbonyl (C=O) groups excluding carboxylic acids is 1. The second kappa shape index (κ2) is 7.03. The third-order valence-corrected chi connectivity index (χ3v) is 7.12. The number of hydrogen-bond acceptors (Lipinski definition) is 7. The monoisotopic (exact) mass is 373 g/mol. The maximum atomic E-state index is 12.3. The third kappa shape index (κ3) is 4.30. The predicted octanol–water partition coefficient (Wildman–Crippen LogP) is 1.57. The lowest BCUT2D eigenvalue weighted by Crippen LogP contribution is -2.43. The molecule has 3 atom stereocenters. The molecule has 0 N–H and O–H groups in total. The molecule has 2 aliphatic rings. The smallest absolute Gasteiger partial charge is 0.277 e. The van der Waals surface area contributed by atoms with Crippen LogP contribution in [0.2, 0.25) is 0 Å². The summed E-state index contributed by atoms with van der Waals surface area (Å²) in [7, 11) is -2.98. The highest BCUT2D eigenvalue weighted by atomic mass is 32.2. The second-order valence-electron chi connectivity index (χ2n) is 7.04. The molecule has 0 saturated carbocycles. The summed E-state index contributed by atoms with van der Waals surface area (Å²) in [5, 5.41) is 8.22. The Balaban J connectivity index is 1.53. The van der Waals surface area contributed by atoms with E-state index in [4.69, 9.17) is 4.42 Å². The first-order valence-corrected chi connectivity index (χ1v) is 11.1. The van der Waals surface area contributed by atoms with Crippen molar-refractivity contribution in [3.05, 3.63) is 5.89 Å². The van der Waals surface area contributed by atoms with Gasteiger partial charge in [-0.15, -0.1) is 10.2 Å². The average molecular weight is 374 g/mol. The van der Waals surface area contributed by atoms with E-state index in [9.17, 15) is 13.2 Å². The highest BCUT2D eigenvalue weighted by Crippen LogP contribution is 2.30. The van der Waals surface area contributed by atoms with E-state index in [1.807, 2.05) is 4.90 Å². The fourth-order valence-corrected chi connectivity index (χ4v) is 5.92. The zero-order chi connectivity index (χ0) is 17.3. The predicted molar refractivity (Wildman–Crippen MR) is 90.6 cm³/mol. The molecule has 3 heterocycles. The number of nitrogens with zero attached hydrogens (tertiary/aromatic N) is 3. The van der Waals surface area contributed by atoms with Crippen LogP contribution in [0.1, 0.15) is 38.5 Å². The van der Waals surface area contributed by atoms with E-state index < -0.39 is 9.84 Å². The molecule has 1 aromatic heterocycles. The van der Waals surface area contributed by atoms with Gasteiger partial charge in [-0.1, -0.05) is 25.6 Å². The van der Waals surface area contributed by atoms with Crippen LogP contribution in [0.5, 0.6) is 0 Å². The number of aromatic nitrogens is 2. The fraction of sp³-hybridized carbons (Fsp3) is 0.800. The van der Waals surface area contributed by atoms with Crippen molar-refractivity contribution < 1.29 is 17.6 Å². The average Bonchev–Trinajstić information content (AvgIpc) is 3.10. The largest absolute Gasteiger partial charge is 0.416 e. The SMILES string of the molecule is C[C@@H]1C[C@H](C)CN(C(=O)CSc2nnc([C@@H]3CCS(=O)(=O)C3)o2)C1. The normalized spacial score (nSPS) is 29.8. The quantitative estimate of drug-likeness (QED) is 0.740. The van der Waals surface area contributed by atoms with Crippen LogP contribution in [-0.4, -0.2) is 59.8 Å². The molecule has 134 valence electrons. The topological polar surface area (TPSA) is 93.4 Å². The van der Waals surface area contributed by atoms with Crippen LogP contribution in [0.3, 0.4) is 0 Å².